The summed E-state index contributed by atoms with van der Waals surface area (Å²) in [4.78, 5) is 0. The van der Waals surface area contributed by atoms with Crippen LogP contribution >= 0.6 is 0 Å². The average molecular weight is 263 g/mol. The molecule has 19 heavy (non-hydrogen) atoms. The number of hydrogen-bond acceptors (Lipinski definition) is 2. The second-order valence-corrected chi connectivity index (χ2v) is 5.94. The quantitative estimate of drug-likeness (QED) is 0.804. The summed E-state index contributed by atoms with van der Waals surface area (Å²) in [5, 5.41) is 3.42. The Morgan fingerprint density at radius 2 is 2.00 bits per heavy atom. The van der Waals surface area contributed by atoms with Crippen molar-refractivity contribution in [3.05, 3.63) is 35.4 Å². The lowest BCUT2D eigenvalue weighted by Crippen LogP contribution is -2.41. The molecule has 0 saturated carbocycles. The molecular formula is C17H29NO. The molecular weight excluding hydrogens is 234 g/mol. The molecule has 0 aliphatic heterocycles. The number of methoxy groups -OCH3 is 1. The lowest BCUT2D eigenvalue weighted by atomic mass is 9.86. The number of rotatable bonds is 7. The van der Waals surface area contributed by atoms with Gasteiger partial charge in [-0.05, 0) is 43.9 Å². The zero-order valence-corrected chi connectivity index (χ0v) is 13.3. The van der Waals surface area contributed by atoms with Crippen molar-refractivity contribution in [2.24, 2.45) is 5.92 Å². The van der Waals surface area contributed by atoms with E-state index in [1.165, 1.54) is 11.1 Å². The van der Waals surface area contributed by atoms with E-state index in [2.05, 4.69) is 57.3 Å². The van der Waals surface area contributed by atoms with Gasteiger partial charge in [-0.25, -0.2) is 0 Å². The van der Waals surface area contributed by atoms with Crippen LogP contribution in [0.5, 0.6) is 0 Å². The van der Waals surface area contributed by atoms with E-state index in [9.17, 15) is 0 Å². The summed E-state index contributed by atoms with van der Waals surface area (Å²) in [7, 11) is 3.80. The van der Waals surface area contributed by atoms with Gasteiger partial charge in [-0.2, -0.15) is 0 Å². The highest BCUT2D eigenvalue weighted by Gasteiger charge is 2.32. The third-order valence-electron chi connectivity index (χ3n) is 4.00. The van der Waals surface area contributed by atoms with Crippen molar-refractivity contribution in [2.45, 2.75) is 52.2 Å². The molecule has 2 heteroatoms. The van der Waals surface area contributed by atoms with E-state index in [1.807, 2.05) is 7.05 Å². The zero-order chi connectivity index (χ0) is 14.5. The predicted molar refractivity (Wildman–Crippen MR) is 82.5 cm³/mol. The van der Waals surface area contributed by atoms with Gasteiger partial charge < -0.3 is 10.1 Å². The van der Waals surface area contributed by atoms with Crippen molar-refractivity contribution in [2.75, 3.05) is 14.2 Å². The van der Waals surface area contributed by atoms with Crippen molar-refractivity contribution < 1.29 is 4.74 Å². The summed E-state index contributed by atoms with van der Waals surface area (Å²) in [5.41, 5.74) is 2.54. The first-order valence-electron chi connectivity index (χ1n) is 7.28. The van der Waals surface area contributed by atoms with Crippen LogP contribution in [0.3, 0.4) is 0 Å². The molecule has 2 nitrogen and oxygen atoms in total. The van der Waals surface area contributed by atoms with E-state index in [0.29, 0.717) is 5.92 Å². The lowest BCUT2D eigenvalue weighted by molar-refractivity contribution is -0.0280. The number of benzene rings is 1. The van der Waals surface area contributed by atoms with Crippen LogP contribution < -0.4 is 5.32 Å². The summed E-state index contributed by atoms with van der Waals surface area (Å²) in [6, 6.07) is 9.09. The Labute approximate surface area is 118 Å². The number of likely N-dealkylation sites (N-methyl/N-ethyl adjacent to an activating group) is 1. The minimum absolute atomic E-state index is 0.175. The molecule has 0 heterocycles. The maximum absolute atomic E-state index is 5.75. The zero-order valence-electron chi connectivity index (χ0n) is 13.3. The average Bonchev–Trinajstić information content (AvgIpc) is 2.39. The van der Waals surface area contributed by atoms with Gasteiger partial charge in [-0.15, -0.1) is 0 Å². The maximum atomic E-state index is 5.75. The van der Waals surface area contributed by atoms with Crippen LogP contribution in [0.4, 0.5) is 0 Å². The fourth-order valence-electron chi connectivity index (χ4n) is 2.66. The standard InChI is InChI=1S/C17H29NO/c1-7-17(4,19-6)16(18-5)15-10-8-9-14(12-15)11-13(2)3/h8-10,12-13,16,18H,7,11H2,1-6H3. The molecule has 2 atom stereocenters. The van der Waals surface area contributed by atoms with Crippen LogP contribution in [-0.2, 0) is 11.2 Å². The Morgan fingerprint density at radius 1 is 1.32 bits per heavy atom. The van der Waals surface area contributed by atoms with Gasteiger partial charge in [-0.1, -0.05) is 45.0 Å². The first-order chi connectivity index (χ1) is 8.96. The second kappa shape index (κ2) is 7.06. The molecule has 1 rings (SSSR count). The van der Waals surface area contributed by atoms with Crippen molar-refractivity contribution in [1.82, 2.24) is 5.32 Å². The molecule has 1 aromatic carbocycles. The normalized spacial score (nSPS) is 16.4. The number of ether oxygens (including phenoxy) is 1. The van der Waals surface area contributed by atoms with Crippen LogP contribution in [0.1, 0.15) is 51.3 Å². The van der Waals surface area contributed by atoms with Crippen molar-refractivity contribution in [3.63, 3.8) is 0 Å². The van der Waals surface area contributed by atoms with Crippen molar-refractivity contribution in [1.29, 1.82) is 0 Å². The van der Waals surface area contributed by atoms with E-state index in [-0.39, 0.29) is 11.6 Å². The molecule has 0 bridgehead atoms. The molecule has 2 unspecified atom stereocenters. The van der Waals surface area contributed by atoms with Crippen LogP contribution in [0, 0.1) is 5.92 Å². The number of hydrogen-bond donors (Lipinski definition) is 1. The third kappa shape index (κ3) is 4.05. The summed E-state index contributed by atoms with van der Waals surface area (Å²) in [6.45, 7) is 8.86. The summed E-state index contributed by atoms with van der Waals surface area (Å²) >= 11 is 0. The first-order valence-corrected chi connectivity index (χ1v) is 7.28. The predicted octanol–water partition coefficient (Wildman–Crippen LogP) is 3.96. The SMILES string of the molecule is CCC(C)(OC)C(NC)c1cccc(CC(C)C)c1. The minimum Gasteiger partial charge on any atom is -0.377 e. The first kappa shape index (κ1) is 16.2. The smallest absolute Gasteiger partial charge is 0.0841 e. The van der Waals surface area contributed by atoms with Gasteiger partial charge in [0.25, 0.3) is 0 Å². The highest BCUT2D eigenvalue weighted by molar-refractivity contribution is 5.28. The molecule has 0 aliphatic carbocycles. The van der Waals surface area contributed by atoms with Gasteiger partial charge in [-0.3, -0.25) is 0 Å². The molecule has 0 aliphatic rings. The molecule has 1 N–H and O–H groups in total. The Morgan fingerprint density at radius 3 is 2.47 bits per heavy atom. The molecule has 108 valence electrons. The number of nitrogens with one attached hydrogen (secondary N) is 1. The second-order valence-electron chi connectivity index (χ2n) is 5.94. The van der Waals surface area contributed by atoms with Crippen molar-refractivity contribution >= 4 is 0 Å². The molecule has 0 fully saturated rings. The van der Waals surface area contributed by atoms with Gasteiger partial charge in [0.1, 0.15) is 0 Å². The fourth-order valence-corrected chi connectivity index (χ4v) is 2.66. The van der Waals surface area contributed by atoms with Crippen LogP contribution in [0.15, 0.2) is 24.3 Å². The fraction of sp³-hybridized carbons (Fsp3) is 0.647. The summed E-state index contributed by atoms with van der Waals surface area (Å²) in [5.74, 6) is 0.684. The van der Waals surface area contributed by atoms with Gasteiger partial charge in [0.05, 0.1) is 11.6 Å². The third-order valence-corrected chi connectivity index (χ3v) is 4.00. The molecule has 0 aromatic heterocycles. The minimum atomic E-state index is -0.175. The molecule has 0 amide bonds. The van der Waals surface area contributed by atoms with Gasteiger partial charge in [0, 0.05) is 7.11 Å². The lowest BCUT2D eigenvalue weighted by Gasteiger charge is -2.36. The van der Waals surface area contributed by atoms with E-state index >= 15 is 0 Å². The molecule has 0 spiro atoms. The Balaban J connectivity index is 3.05. The van der Waals surface area contributed by atoms with Crippen LogP contribution in [0.2, 0.25) is 0 Å². The van der Waals surface area contributed by atoms with Crippen molar-refractivity contribution in [3.8, 4) is 0 Å². The maximum Gasteiger partial charge on any atom is 0.0841 e. The van der Waals surface area contributed by atoms with Gasteiger partial charge >= 0.3 is 0 Å². The largest absolute Gasteiger partial charge is 0.377 e. The Bertz CT molecular complexity index is 383. The summed E-state index contributed by atoms with van der Waals surface area (Å²) < 4.78 is 5.75. The highest BCUT2D eigenvalue weighted by Crippen LogP contribution is 2.31. The monoisotopic (exact) mass is 263 g/mol. The van der Waals surface area contributed by atoms with E-state index in [0.717, 1.165) is 12.8 Å². The van der Waals surface area contributed by atoms with E-state index in [1.54, 1.807) is 7.11 Å². The molecule has 0 saturated heterocycles. The van der Waals surface area contributed by atoms with Gasteiger partial charge in [0.15, 0.2) is 0 Å². The van der Waals surface area contributed by atoms with Crippen LogP contribution in [0.25, 0.3) is 0 Å². The van der Waals surface area contributed by atoms with E-state index in [4.69, 9.17) is 4.74 Å². The Kier molecular flexibility index (Phi) is 6.02. The highest BCUT2D eigenvalue weighted by atomic mass is 16.5. The Hall–Kier alpha value is -0.860. The van der Waals surface area contributed by atoms with Gasteiger partial charge in [0.2, 0.25) is 0 Å². The molecule has 1 aromatic rings. The summed E-state index contributed by atoms with van der Waals surface area (Å²) in [6.07, 6.45) is 2.10. The topological polar surface area (TPSA) is 21.3 Å². The van der Waals surface area contributed by atoms with E-state index < -0.39 is 0 Å². The van der Waals surface area contributed by atoms with Crippen LogP contribution in [-0.4, -0.2) is 19.8 Å². The molecule has 0 radical (unpaired) electrons.